The van der Waals surface area contributed by atoms with Crippen molar-refractivity contribution in [2.45, 2.75) is 25.7 Å². The Morgan fingerprint density at radius 2 is 1.48 bits per heavy atom. The van der Waals surface area contributed by atoms with Crippen LogP contribution in [-0.4, -0.2) is 36.0 Å². The Kier molecular flexibility index (Phi) is 7.91. The number of nitrogens with one attached hydrogen (secondary N) is 1. The molecular formula is C18H24BCl2N3O. The topological polar surface area (TPSA) is 61.5 Å². The van der Waals surface area contributed by atoms with E-state index in [0.717, 1.165) is 47.4 Å². The van der Waals surface area contributed by atoms with Gasteiger partial charge in [-0.05, 0) is 81.3 Å². The lowest BCUT2D eigenvalue weighted by Crippen LogP contribution is -2.45. The first-order chi connectivity index (χ1) is 11.9. The van der Waals surface area contributed by atoms with Crippen LogP contribution in [0.3, 0.4) is 0 Å². The summed E-state index contributed by atoms with van der Waals surface area (Å²) in [6.45, 7) is 3.72. The van der Waals surface area contributed by atoms with Crippen LogP contribution in [0.1, 0.15) is 12.8 Å². The van der Waals surface area contributed by atoms with Crippen LogP contribution in [0.4, 0.5) is 11.4 Å². The molecular weight excluding hydrogens is 356 g/mol. The number of hydrogen-bond acceptors (Lipinski definition) is 4. The third kappa shape index (κ3) is 7.16. The molecule has 1 heterocycles. The number of nitrogen functional groups attached to an aromatic ring is 1. The van der Waals surface area contributed by atoms with E-state index in [-0.39, 0.29) is 7.05 Å². The molecule has 0 spiro atoms. The molecule has 0 aromatic heterocycles. The molecule has 1 aliphatic heterocycles. The number of halogens is 2. The highest BCUT2D eigenvalue weighted by molar-refractivity contribution is 6.45. The lowest BCUT2D eigenvalue weighted by Gasteiger charge is -2.33. The van der Waals surface area contributed by atoms with Crippen LogP contribution in [0.25, 0.3) is 0 Å². The molecule has 0 amide bonds. The van der Waals surface area contributed by atoms with Gasteiger partial charge in [0.2, 0.25) is 0 Å². The van der Waals surface area contributed by atoms with Gasteiger partial charge in [-0.2, -0.15) is 0 Å². The molecule has 1 fully saturated rings. The quantitative estimate of drug-likeness (QED) is 0.551. The molecule has 134 valence electrons. The molecule has 4 N–H and O–H groups in total. The molecule has 2 aromatic carbocycles. The molecule has 0 atom stereocenters. The number of rotatable bonds is 3. The SMILES string of the molecule is CB(O)N1CCC(Nc2ccc(Cl)cc2)CC1.Nc1ccc(Cl)cc1. The van der Waals surface area contributed by atoms with Gasteiger partial charge in [-0.1, -0.05) is 23.2 Å². The van der Waals surface area contributed by atoms with Gasteiger partial charge in [0, 0.05) is 27.5 Å². The monoisotopic (exact) mass is 379 g/mol. The second kappa shape index (κ2) is 9.93. The summed E-state index contributed by atoms with van der Waals surface area (Å²) >= 11 is 11.4. The molecule has 0 unspecified atom stereocenters. The number of anilines is 2. The summed E-state index contributed by atoms with van der Waals surface area (Å²) in [6.07, 6.45) is 2.13. The normalized spacial score (nSPS) is 15.2. The molecule has 0 bridgehead atoms. The zero-order valence-corrected chi connectivity index (χ0v) is 15.8. The van der Waals surface area contributed by atoms with Crippen LogP contribution in [-0.2, 0) is 0 Å². The summed E-state index contributed by atoms with van der Waals surface area (Å²) in [6, 6.07) is 15.3. The third-order valence-corrected chi connectivity index (χ3v) is 4.65. The molecule has 2 aromatic rings. The average molecular weight is 380 g/mol. The zero-order valence-electron chi connectivity index (χ0n) is 14.3. The Morgan fingerprint density at radius 3 is 1.92 bits per heavy atom. The molecule has 4 nitrogen and oxygen atoms in total. The Hall–Kier alpha value is -1.40. The van der Waals surface area contributed by atoms with Crippen molar-refractivity contribution in [1.29, 1.82) is 0 Å². The van der Waals surface area contributed by atoms with Gasteiger partial charge in [0.05, 0.1) is 0 Å². The lowest BCUT2D eigenvalue weighted by atomic mass is 9.82. The van der Waals surface area contributed by atoms with E-state index >= 15 is 0 Å². The molecule has 25 heavy (non-hydrogen) atoms. The highest BCUT2D eigenvalue weighted by Gasteiger charge is 2.23. The first-order valence-electron chi connectivity index (χ1n) is 8.39. The van der Waals surface area contributed by atoms with Gasteiger partial charge in [0.15, 0.2) is 0 Å². The van der Waals surface area contributed by atoms with Gasteiger partial charge in [-0.3, -0.25) is 0 Å². The van der Waals surface area contributed by atoms with Gasteiger partial charge in [-0.25, -0.2) is 0 Å². The minimum absolute atomic E-state index is 0.327. The standard InChI is InChI=1S/C12H18BClN2O.C6H6ClN/c1-13(17)16-8-6-12(7-9-16)15-11-4-2-10(14)3-5-11;7-5-1-3-6(8)4-2-5/h2-5,12,15,17H,6-9H2,1H3;1-4H,8H2. The first kappa shape index (κ1) is 19.9. The molecule has 0 aliphatic carbocycles. The van der Waals surface area contributed by atoms with Gasteiger partial charge < -0.3 is 20.9 Å². The first-order valence-corrected chi connectivity index (χ1v) is 9.15. The Labute approximate surface area is 160 Å². The maximum Gasteiger partial charge on any atom is 0.376 e. The maximum absolute atomic E-state index is 9.47. The summed E-state index contributed by atoms with van der Waals surface area (Å²) in [7, 11) is -0.327. The molecule has 7 heteroatoms. The van der Waals surface area contributed by atoms with E-state index in [9.17, 15) is 5.02 Å². The second-order valence-electron chi connectivity index (χ2n) is 6.14. The van der Waals surface area contributed by atoms with Gasteiger partial charge in [0.25, 0.3) is 0 Å². The van der Waals surface area contributed by atoms with Crippen molar-refractivity contribution >= 4 is 41.6 Å². The van der Waals surface area contributed by atoms with Crippen molar-refractivity contribution in [2.75, 3.05) is 24.1 Å². The fourth-order valence-electron chi connectivity index (χ4n) is 2.66. The van der Waals surface area contributed by atoms with Gasteiger partial charge in [0.1, 0.15) is 0 Å². The van der Waals surface area contributed by atoms with Crippen LogP contribution in [0, 0.1) is 0 Å². The molecule has 0 saturated carbocycles. The van der Waals surface area contributed by atoms with E-state index in [0.29, 0.717) is 6.04 Å². The van der Waals surface area contributed by atoms with Crippen LogP contribution >= 0.6 is 23.2 Å². The molecule has 1 saturated heterocycles. The van der Waals surface area contributed by atoms with Crippen LogP contribution in [0.5, 0.6) is 0 Å². The van der Waals surface area contributed by atoms with E-state index < -0.39 is 0 Å². The van der Waals surface area contributed by atoms with Crippen molar-refractivity contribution < 1.29 is 5.02 Å². The fraction of sp³-hybridized carbons (Fsp3) is 0.333. The largest absolute Gasteiger partial charge is 0.437 e. The van der Waals surface area contributed by atoms with Crippen molar-refractivity contribution in [1.82, 2.24) is 4.81 Å². The van der Waals surface area contributed by atoms with E-state index in [2.05, 4.69) is 10.1 Å². The van der Waals surface area contributed by atoms with Gasteiger partial charge in [-0.15, -0.1) is 0 Å². The third-order valence-electron chi connectivity index (χ3n) is 4.14. The number of hydrogen-bond donors (Lipinski definition) is 3. The fourth-order valence-corrected chi connectivity index (χ4v) is 2.91. The lowest BCUT2D eigenvalue weighted by molar-refractivity contribution is 0.298. The Balaban J connectivity index is 0.000000236. The summed E-state index contributed by atoms with van der Waals surface area (Å²) in [4.78, 5) is 2.10. The average Bonchev–Trinajstić information content (AvgIpc) is 2.61. The van der Waals surface area contributed by atoms with E-state index in [1.165, 1.54) is 0 Å². The maximum atomic E-state index is 9.47. The number of benzene rings is 2. The van der Waals surface area contributed by atoms with E-state index in [4.69, 9.17) is 28.9 Å². The highest BCUT2D eigenvalue weighted by atomic mass is 35.5. The predicted octanol–water partition coefficient (Wildman–Crippen LogP) is 4.25. The van der Waals surface area contributed by atoms with E-state index in [1.54, 1.807) is 24.3 Å². The summed E-state index contributed by atoms with van der Waals surface area (Å²) in [5, 5.41) is 14.5. The van der Waals surface area contributed by atoms with Crippen LogP contribution in [0.15, 0.2) is 48.5 Å². The van der Waals surface area contributed by atoms with Gasteiger partial charge >= 0.3 is 7.05 Å². The number of nitrogens with two attached hydrogens (primary N) is 1. The number of piperidine rings is 1. The van der Waals surface area contributed by atoms with Crippen LogP contribution < -0.4 is 11.1 Å². The predicted molar refractivity (Wildman–Crippen MR) is 109 cm³/mol. The highest BCUT2D eigenvalue weighted by Crippen LogP contribution is 2.19. The number of nitrogens with zero attached hydrogens (tertiary/aromatic N) is 1. The summed E-state index contributed by atoms with van der Waals surface area (Å²) in [5.41, 5.74) is 7.23. The summed E-state index contributed by atoms with van der Waals surface area (Å²) in [5.74, 6) is 0. The minimum atomic E-state index is -0.327. The molecule has 0 radical (unpaired) electrons. The van der Waals surface area contributed by atoms with Crippen molar-refractivity contribution in [2.24, 2.45) is 0 Å². The van der Waals surface area contributed by atoms with Crippen molar-refractivity contribution in [3.05, 3.63) is 58.6 Å². The molecule has 1 aliphatic rings. The Morgan fingerprint density at radius 1 is 1.00 bits per heavy atom. The second-order valence-corrected chi connectivity index (χ2v) is 7.02. The smallest absolute Gasteiger partial charge is 0.376 e. The molecule has 3 rings (SSSR count). The van der Waals surface area contributed by atoms with Crippen molar-refractivity contribution in [3.8, 4) is 0 Å². The minimum Gasteiger partial charge on any atom is -0.437 e. The van der Waals surface area contributed by atoms with E-state index in [1.807, 2.05) is 31.1 Å². The zero-order chi connectivity index (χ0) is 18.2. The Bertz CT molecular complexity index is 609. The van der Waals surface area contributed by atoms with Crippen molar-refractivity contribution in [3.63, 3.8) is 0 Å². The summed E-state index contributed by atoms with van der Waals surface area (Å²) < 4.78 is 0. The van der Waals surface area contributed by atoms with Crippen LogP contribution in [0.2, 0.25) is 16.9 Å².